The molecule has 0 bridgehead atoms. The van der Waals surface area contributed by atoms with Crippen LogP contribution in [-0.4, -0.2) is 11.1 Å². The van der Waals surface area contributed by atoms with Gasteiger partial charge in [-0.2, -0.15) is 0 Å². The van der Waals surface area contributed by atoms with Crippen LogP contribution >= 0.6 is 23.2 Å². The molecule has 0 N–H and O–H groups in total. The highest BCUT2D eigenvalue weighted by Crippen LogP contribution is 2.29. The van der Waals surface area contributed by atoms with Gasteiger partial charge in [-0.15, -0.1) is 0 Å². The van der Waals surface area contributed by atoms with Crippen molar-refractivity contribution in [1.82, 2.24) is 5.16 Å². The first-order valence-corrected chi connectivity index (χ1v) is 7.51. The molecule has 116 valence electrons. The predicted molar refractivity (Wildman–Crippen MR) is 88.1 cm³/mol. The van der Waals surface area contributed by atoms with Crippen molar-refractivity contribution in [2.24, 2.45) is 0 Å². The summed E-state index contributed by atoms with van der Waals surface area (Å²) in [7, 11) is 0. The van der Waals surface area contributed by atoms with Gasteiger partial charge < -0.3 is 9.26 Å². The Morgan fingerprint density at radius 1 is 1.09 bits per heavy atom. The lowest BCUT2D eigenvalue weighted by Crippen LogP contribution is -2.10. The van der Waals surface area contributed by atoms with Crippen LogP contribution in [0.3, 0.4) is 0 Å². The van der Waals surface area contributed by atoms with Crippen molar-refractivity contribution in [3.8, 4) is 17.0 Å². The fraction of sp³-hybridized carbons (Fsp3) is 0.0588. The van der Waals surface area contributed by atoms with Gasteiger partial charge in [0.1, 0.15) is 22.8 Å². The molecule has 0 saturated carbocycles. The van der Waals surface area contributed by atoms with Crippen LogP contribution in [0.4, 0.5) is 0 Å². The summed E-state index contributed by atoms with van der Waals surface area (Å²) in [5.41, 5.74) is 1.49. The fourth-order valence-electron chi connectivity index (χ4n) is 2.10. The normalized spacial score (nSPS) is 10.6. The van der Waals surface area contributed by atoms with Gasteiger partial charge in [-0.1, -0.05) is 58.7 Å². The highest BCUT2D eigenvalue weighted by molar-refractivity contribution is 6.42. The lowest BCUT2D eigenvalue weighted by atomic mass is 10.1. The van der Waals surface area contributed by atoms with Gasteiger partial charge in [0, 0.05) is 11.6 Å². The number of esters is 1. The topological polar surface area (TPSA) is 52.3 Å². The zero-order valence-electron chi connectivity index (χ0n) is 12.0. The number of halogens is 2. The third kappa shape index (κ3) is 3.23. The monoisotopic (exact) mass is 347 g/mol. The molecule has 0 atom stereocenters. The maximum Gasteiger partial charge on any atom is 0.349 e. The van der Waals surface area contributed by atoms with E-state index in [0.29, 0.717) is 27.2 Å². The number of aromatic nitrogens is 1. The van der Waals surface area contributed by atoms with Crippen LogP contribution in [0.25, 0.3) is 11.3 Å². The Bertz CT molecular complexity index is 860. The minimum Gasteiger partial charge on any atom is -0.423 e. The molecule has 3 aromatic rings. The maximum absolute atomic E-state index is 12.5. The lowest BCUT2D eigenvalue weighted by Gasteiger charge is -2.06. The molecule has 0 fully saturated rings. The molecule has 0 aliphatic heterocycles. The Kier molecular flexibility index (Phi) is 4.37. The Morgan fingerprint density at radius 2 is 1.83 bits per heavy atom. The van der Waals surface area contributed by atoms with Crippen LogP contribution < -0.4 is 4.74 Å². The average Bonchev–Trinajstić information content (AvgIpc) is 2.93. The molecule has 0 aliphatic carbocycles. The van der Waals surface area contributed by atoms with E-state index in [-0.39, 0.29) is 5.56 Å². The van der Waals surface area contributed by atoms with E-state index in [1.807, 2.05) is 30.3 Å². The number of hydrogen-bond acceptors (Lipinski definition) is 4. The number of nitrogens with zero attached hydrogens (tertiary/aromatic N) is 1. The zero-order valence-corrected chi connectivity index (χ0v) is 13.6. The summed E-state index contributed by atoms with van der Waals surface area (Å²) >= 11 is 11.8. The summed E-state index contributed by atoms with van der Waals surface area (Å²) in [6.07, 6.45) is 0. The number of carbonyl (C=O) groups is 1. The van der Waals surface area contributed by atoms with E-state index >= 15 is 0 Å². The van der Waals surface area contributed by atoms with E-state index in [1.165, 1.54) is 6.07 Å². The molecule has 2 aromatic carbocycles. The number of aryl methyl sites for hydroxylation is 1. The summed E-state index contributed by atoms with van der Waals surface area (Å²) in [5.74, 6) is 0.110. The van der Waals surface area contributed by atoms with Crippen molar-refractivity contribution in [1.29, 1.82) is 0 Å². The van der Waals surface area contributed by atoms with Crippen molar-refractivity contribution in [3.05, 3.63) is 69.9 Å². The third-order valence-electron chi connectivity index (χ3n) is 3.22. The Labute approximate surface area is 142 Å². The smallest absolute Gasteiger partial charge is 0.349 e. The van der Waals surface area contributed by atoms with Crippen LogP contribution in [0.1, 0.15) is 16.1 Å². The van der Waals surface area contributed by atoms with Crippen molar-refractivity contribution in [2.45, 2.75) is 6.92 Å². The Morgan fingerprint density at radius 3 is 2.52 bits per heavy atom. The minimum atomic E-state index is -0.569. The second-order valence-corrected chi connectivity index (χ2v) is 5.61. The molecule has 4 nitrogen and oxygen atoms in total. The highest BCUT2D eigenvalue weighted by Gasteiger charge is 2.23. The van der Waals surface area contributed by atoms with Crippen LogP contribution in [0.2, 0.25) is 10.0 Å². The van der Waals surface area contributed by atoms with Gasteiger partial charge >= 0.3 is 5.97 Å². The summed E-state index contributed by atoms with van der Waals surface area (Å²) in [6, 6.07) is 13.9. The van der Waals surface area contributed by atoms with Gasteiger partial charge in [-0.05, 0) is 19.1 Å². The number of benzene rings is 2. The standard InChI is InChI=1S/C17H11Cl2NO3/c1-10-15(16(20-23-10)11-5-3-2-4-6-11)17(21)22-12-7-8-13(18)14(19)9-12/h2-9H,1H3. The predicted octanol–water partition coefficient (Wildman–Crippen LogP) is 5.18. The van der Waals surface area contributed by atoms with E-state index < -0.39 is 5.97 Å². The molecule has 1 aromatic heterocycles. The number of rotatable bonds is 3. The van der Waals surface area contributed by atoms with Crippen LogP contribution in [-0.2, 0) is 0 Å². The number of hydrogen-bond donors (Lipinski definition) is 0. The van der Waals surface area contributed by atoms with Gasteiger partial charge in [0.25, 0.3) is 0 Å². The van der Waals surface area contributed by atoms with Crippen LogP contribution in [0.15, 0.2) is 53.1 Å². The van der Waals surface area contributed by atoms with Crippen molar-refractivity contribution >= 4 is 29.2 Å². The molecule has 1 heterocycles. The van der Waals surface area contributed by atoms with E-state index in [4.69, 9.17) is 32.5 Å². The molecule has 0 aliphatic rings. The SMILES string of the molecule is Cc1onc(-c2ccccc2)c1C(=O)Oc1ccc(Cl)c(Cl)c1. The summed E-state index contributed by atoms with van der Waals surface area (Å²) in [6.45, 7) is 1.66. The molecule has 6 heteroatoms. The average molecular weight is 348 g/mol. The summed E-state index contributed by atoms with van der Waals surface area (Å²) in [4.78, 5) is 12.5. The van der Waals surface area contributed by atoms with E-state index in [2.05, 4.69) is 5.16 Å². The summed E-state index contributed by atoms with van der Waals surface area (Å²) < 4.78 is 10.5. The van der Waals surface area contributed by atoms with Gasteiger partial charge in [0.15, 0.2) is 0 Å². The minimum absolute atomic E-state index is 0.280. The largest absolute Gasteiger partial charge is 0.423 e. The second kappa shape index (κ2) is 6.44. The first-order chi connectivity index (χ1) is 11.1. The molecule has 0 radical (unpaired) electrons. The van der Waals surface area contributed by atoms with Gasteiger partial charge in [0.2, 0.25) is 0 Å². The highest BCUT2D eigenvalue weighted by atomic mass is 35.5. The van der Waals surface area contributed by atoms with Gasteiger partial charge in [0.05, 0.1) is 10.0 Å². The van der Waals surface area contributed by atoms with E-state index in [1.54, 1.807) is 19.1 Å². The van der Waals surface area contributed by atoms with Crippen molar-refractivity contribution in [2.75, 3.05) is 0 Å². The molecular weight excluding hydrogens is 337 g/mol. The third-order valence-corrected chi connectivity index (χ3v) is 3.95. The molecule has 3 rings (SSSR count). The Hall–Kier alpha value is -2.30. The van der Waals surface area contributed by atoms with Gasteiger partial charge in [-0.25, -0.2) is 4.79 Å². The van der Waals surface area contributed by atoms with Gasteiger partial charge in [-0.3, -0.25) is 0 Å². The molecule has 0 unspecified atom stereocenters. The molecule has 0 spiro atoms. The second-order valence-electron chi connectivity index (χ2n) is 4.79. The molecular formula is C17H11Cl2NO3. The van der Waals surface area contributed by atoms with E-state index in [9.17, 15) is 4.79 Å². The van der Waals surface area contributed by atoms with E-state index in [0.717, 1.165) is 5.56 Å². The molecule has 0 amide bonds. The van der Waals surface area contributed by atoms with Crippen LogP contribution in [0, 0.1) is 6.92 Å². The lowest BCUT2D eigenvalue weighted by molar-refractivity contribution is 0.0733. The van der Waals surface area contributed by atoms with Crippen molar-refractivity contribution < 1.29 is 14.1 Å². The Balaban J connectivity index is 1.94. The molecule has 0 saturated heterocycles. The van der Waals surface area contributed by atoms with Crippen LogP contribution in [0.5, 0.6) is 5.75 Å². The molecule has 23 heavy (non-hydrogen) atoms. The number of ether oxygens (including phenoxy) is 1. The first kappa shape index (κ1) is 15.6. The number of carbonyl (C=O) groups excluding carboxylic acids is 1. The quantitative estimate of drug-likeness (QED) is 0.484. The maximum atomic E-state index is 12.5. The van der Waals surface area contributed by atoms with Crippen molar-refractivity contribution in [3.63, 3.8) is 0 Å². The zero-order chi connectivity index (χ0) is 16.4. The fourth-order valence-corrected chi connectivity index (χ4v) is 2.39. The summed E-state index contributed by atoms with van der Waals surface area (Å²) in [5, 5.41) is 4.65. The first-order valence-electron chi connectivity index (χ1n) is 6.75.